The summed E-state index contributed by atoms with van der Waals surface area (Å²) in [6.07, 6.45) is 3.12. The normalized spacial score (nSPS) is 11.6. The fourth-order valence-corrected chi connectivity index (χ4v) is 2.11. The summed E-state index contributed by atoms with van der Waals surface area (Å²) in [7, 11) is 0. The maximum absolute atomic E-state index is 9.47. The number of phenolic OH excluding ortho intramolecular Hbond substituents is 1. The second-order valence-corrected chi connectivity index (χ2v) is 4.94. The van der Waals surface area contributed by atoms with Crippen molar-refractivity contribution in [3.63, 3.8) is 0 Å². The maximum atomic E-state index is 9.47. The molecule has 0 aliphatic heterocycles. The lowest BCUT2D eigenvalue weighted by Crippen LogP contribution is -1.80. The van der Waals surface area contributed by atoms with Crippen LogP contribution >= 0.6 is 22.9 Å². The first-order valence-electron chi connectivity index (χ1n) is 4.85. The fourth-order valence-electron chi connectivity index (χ4n) is 1.18. The van der Waals surface area contributed by atoms with Crippen LogP contribution in [-0.4, -0.2) is 17.5 Å². The standard InChI is InChI=1S/C12H9ClN2OS/c13-12-6-5-10(17-12)8-15-14-7-9-3-1-2-4-11(9)16/h1-8,16H/b14-7+,15-8+. The van der Waals surface area contributed by atoms with E-state index in [1.165, 1.54) is 17.6 Å². The molecule has 0 aliphatic rings. The van der Waals surface area contributed by atoms with Gasteiger partial charge in [0.1, 0.15) is 5.75 Å². The highest BCUT2D eigenvalue weighted by molar-refractivity contribution is 7.17. The van der Waals surface area contributed by atoms with Crippen LogP contribution < -0.4 is 0 Å². The van der Waals surface area contributed by atoms with Crippen molar-refractivity contribution in [2.75, 3.05) is 0 Å². The van der Waals surface area contributed by atoms with E-state index in [-0.39, 0.29) is 5.75 Å². The highest BCUT2D eigenvalue weighted by Gasteiger charge is 1.94. The van der Waals surface area contributed by atoms with Crippen molar-refractivity contribution in [1.82, 2.24) is 0 Å². The third-order valence-electron chi connectivity index (χ3n) is 1.98. The molecule has 5 heteroatoms. The molecule has 0 amide bonds. The monoisotopic (exact) mass is 264 g/mol. The van der Waals surface area contributed by atoms with E-state index in [9.17, 15) is 5.11 Å². The topological polar surface area (TPSA) is 45.0 Å². The van der Waals surface area contributed by atoms with Gasteiger partial charge in [0, 0.05) is 10.4 Å². The maximum Gasteiger partial charge on any atom is 0.124 e. The molecule has 1 aromatic carbocycles. The van der Waals surface area contributed by atoms with Crippen molar-refractivity contribution < 1.29 is 5.11 Å². The number of aromatic hydroxyl groups is 1. The lowest BCUT2D eigenvalue weighted by molar-refractivity contribution is 0.474. The minimum atomic E-state index is 0.186. The summed E-state index contributed by atoms with van der Waals surface area (Å²) in [5.74, 6) is 0.186. The molecule has 3 nitrogen and oxygen atoms in total. The van der Waals surface area contributed by atoms with Crippen molar-refractivity contribution >= 4 is 35.4 Å². The van der Waals surface area contributed by atoms with Gasteiger partial charge in [-0.05, 0) is 24.3 Å². The van der Waals surface area contributed by atoms with E-state index in [1.807, 2.05) is 12.1 Å². The van der Waals surface area contributed by atoms with Crippen molar-refractivity contribution in [1.29, 1.82) is 0 Å². The van der Waals surface area contributed by atoms with Gasteiger partial charge in [0.2, 0.25) is 0 Å². The summed E-state index contributed by atoms with van der Waals surface area (Å²) in [4.78, 5) is 0.935. The fraction of sp³-hybridized carbons (Fsp3) is 0. The average molecular weight is 265 g/mol. The summed E-state index contributed by atoms with van der Waals surface area (Å²) in [6, 6.07) is 10.6. The molecule has 1 heterocycles. The van der Waals surface area contributed by atoms with E-state index in [4.69, 9.17) is 11.6 Å². The lowest BCUT2D eigenvalue weighted by Gasteiger charge is -1.94. The van der Waals surface area contributed by atoms with E-state index in [0.29, 0.717) is 5.56 Å². The molecule has 2 aromatic rings. The van der Waals surface area contributed by atoms with Crippen molar-refractivity contribution in [3.8, 4) is 5.75 Å². The number of phenols is 1. The largest absolute Gasteiger partial charge is 0.507 e. The molecule has 0 aliphatic carbocycles. The molecule has 0 saturated carbocycles. The number of rotatable bonds is 3. The zero-order valence-corrected chi connectivity index (χ0v) is 10.3. The van der Waals surface area contributed by atoms with Gasteiger partial charge in [0.05, 0.1) is 16.8 Å². The van der Waals surface area contributed by atoms with Crippen molar-refractivity contribution in [2.45, 2.75) is 0 Å². The Morgan fingerprint density at radius 1 is 1.06 bits per heavy atom. The van der Waals surface area contributed by atoms with Crippen LogP contribution in [0, 0.1) is 0 Å². The van der Waals surface area contributed by atoms with Crippen LogP contribution in [0.15, 0.2) is 46.6 Å². The van der Waals surface area contributed by atoms with E-state index in [0.717, 1.165) is 9.21 Å². The third-order valence-corrected chi connectivity index (χ3v) is 3.14. The quantitative estimate of drug-likeness (QED) is 0.669. The number of halogens is 1. The van der Waals surface area contributed by atoms with Gasteiger partial charge in [-0.1, -0.05) is 23.7 Å². The Morgan fingerprint density at radius 2 is 1.82 bits per heavy atom. The first-order valence-corrected chi connectivity index (χ1v) is 6.05. The number of para-hydroxylation sites is 1. The second-order valence-electron chi connectivity index (χ2n) is 3.19. The Hall–Kier alpha value is -1.65. The van der Waals surface area contributed by atoms with Crippen LogP contribution in [-0.2, 0) is 0 Å². The number of hydrogen-bond acceptors (Lipinski definition) is 4. The van der Waals surface area contributed by atoms with E-state index >= 15 is 0 Å². The predicted octanol–water partition coefficient (Wildman–Crippen LogP) is 3.56. The molecular weight excluding hydrogens is 256 g/mol. The Kier molecular flexibility index (Phi) is 3.90. The molecule has 0 radical (unpaired) electrons. The van der Waals surface area contributed by atoms with Gasteiger partial charge in [-0.3, -0.25) is 0 Å². The number of thiophene rings is 1. The summed E-state index contributed by atoms with van der Waals surface area (Å²) in [5.41, 5.74) is 0.633. The molecule has 0 saturated heterocycles. The zero-order chi connectivity index (χ0) is 12.1. The molecule has 0 atom stereocenters. The highest BCUT2D eigenvalue weighted by Crippen LogP contribution is 2.19. The van der Waals surface area contributed by atoms with Gasteiger partial charge >= 0.3 is 0 Å². The molecule has 0 unspecified atom stereocenters. The Labute approximate surface area is 108 Å². The van der Waals surface area contributed by atoms with Gasteiger partial charge in [-0.25, -0.2) is 0 Å². The van der Waals surface area contributed by atoms with E-state index in [1.54, 1.807) is 30.5 Å². The average Bonchev–Trinajstić information content (AvgIpc) is 2.73. The molecule has 0 spiro atoms. The Bertz CT molecular complexity index is 563. The SMILES string of the molecule is Oc1ccccc1/C=N/N=C/c1ccc(Cl)s1. The molecule has 0 fully saturated rings. The minimum Gasteiger partial charge on any atom is -0.507 e. The first-order chi connectivity index (χ1) is 8.25. The zero-order valence-electron chi connectivity index (χ0n) is 8.75. The van der Waals surface area contributed by atoms with Crippen LogP contribution in [0.3, 0.4) is 0 Å². The minimum absolute atomic E-state index is 0.186. The summed E-state index contributed by atoms with van der Waals surface area (Å²) in [6.45, 7) is 0. The van der Waals surface area contributed by atoms with Crippen LogP contribution in [0.1, 0.15) is 10.4 Å². The van der Waals surface area contributed by atoms with Gasteiger partial charge in [0.25, 0.3) is 0 Å². The van der Waals surface area contributed by atoms with Crippen molar-refractivity contribution in [2.24, 2.45) is 10.2 Å². The Morgan fingerprint density at radius 3 is 2.53 bits per heavy atom. The van der Waals surface area contributed by atoms with Gasteiger partial charge in [0.15, 0.2) is 0 Å². The first kappa shape index (κ1) is 11.8. The smallest absolute Gasteiger partial charge is 0.124 e. The van der Waals surface area contributed by atoms with E-state index < -0.39 is 0 Å². The number of benzene rings is 1. The number of hydrogen-bond donors (Lipinski definition) is 1. The number of nitrogens with zero attached hydrogens (tertiary/aromatic N) is 2. The summed E-state index contributed by atoms with van der Waals surface area (Å²) >= 11 is 7.21. The van der Waals surface area contributed by atoms with Gasteiger partial charge in [-0.2, -0.15) is 10.2 Å². The Balaban J connectivity index is 2.03. The third kappa shape index (κ3) is 3.41. The van der Waals surface area contributed by atoms with E-state index in [2.05, 4.69) is 10.2 Å². The predicted molar refractivity (Wildman–Crippen MR) is 72.6 cm³/mol. The van der Waals surface area contributed by atoms with Crippen molar-refractivity contribution in [3.05, 3.63) is 51.2 Å². The summed E-state index contributed by atoms with van der Waals surface area (Å²) in [5, 5.41) is 17.2. The van der Waals surface area contributed by atoms with Gasteiger partial charge in [-0.15, -0.1) is 11.3 Å². The van der Waals surface area contributed by atoms with Crippen LogP contribution in [0.4, 0.5) is 0 Å². The molecule has 86 valence electrons. The highest BCUT2D eigenvalue weighted by atomic mass is 35.5. The molecule has 1 N–H and O–H groups in total. The summed E-state index contributed by atoms with van der Waals surface area (Å²) < 4.78 is 0.719. The van der Waals surface area contributed by atoms with Crippen LogP contribution in [0.25, 0.3) is 0 Å². The second kappa shape index (κ2) is 5.61. The molecule has 1 aromatic heterocycles. The van der Waals surface area contributed by atoms with Crippen LogP contribution in [0.2, 0.25) is 4.34 Å². The lowest BCUT2D eigenvalue weighted by atomic mass is 10.2. The van der Waals surface area contributed by atoms with Crippen LogP contribution in [0.5, 0.6) is 5.75 Å². The molecule has 17 heavy (non-hydrogen) atoms. The molecule has 2 rings (SSSR count). The van der Waals surface area contributed by atoms with Gasteiger partial charge < -0.3 is 5.11 Å². The molecular formula is C12H9ClN2OS. The molecule has 0 bridgehead atoms.